The van der Waals surface area contributed by atoms with Crippen molar-refractivity contribution in [3.05, 3.63) is 44.9 Å². The third-order valence-corrected chi connectivity index (χ3v) is 5.78. The number of ether oxygens (including phenoxy) is 1. The third kappa shape index (κ3) is 5.17. The van der Waals surface area contributed by atoms with E-state index in [1.54, 1.807) is 11.3 Å². The number of hydrogen-bond acceptors (Lipinski definition) is 5. The second kappa shape index (κ2) is 8.04. The van der Waals surface area contributed by atoms with Crippen molar-refractivity contribution < 1.29 is 9.84 Å². The smallest absolute Gasteiger partial charge is 0.138 e. The van der Waals surface area contributed by atoms with Crippen LogP contribution in [0.4, 0.5) is 0 Å². The van der Waals surface area contributed by atoms with Crippen molar-refractivity contribution in [3.8, 4) is 5.75 Å². The standard InChI is InChI=1S/C19H25ClN2O2S/c1-14-4-5-17(20)18(10-14)24-13-19(23)6-3-8-22(9-7-19)11-16-12-25-15(2)21-16/h4-5,10,12,23H,3,6-9,11,13H2,1-2H3. The molecule has 1 aromatic carbocycles. The molecule has 0 saturated carbocycles. The van der Waals surface area contributed by atoms with E-state index in [-0.39, 0.29) is 6.61 Å². The van der Waals surface area contributed by atoms with Gasteiger partial charge in [0.05, 0.1) is 21.3 Å². The normalized spacial score (nSPS) is 21.9. The largest absolute Gasteiger partial charge is 0.489 e. The highest BCUT2D eigenvalue weighted by atomic mass is 35.5. The molecule has 1 fully saturated rings. The number of nitrogens with zero attached hydrogens (tertiary/aromatic N) is 2. The molecule has 0 spiro atoms. The average Bonchev–Trinajstić information content (AvgIpc) is 2.89. The maximum Gasteiger partial charge on any atom is 0.138 e. The Morgan fingerprint density at radius 2 is 2.16 bits per heavy atom. The summed E-state index contributed by atoms with van der Waals surface area (Å²) in [6.07, 6.45) is 2.38. The third-order valence-electron chi connectivity index (χ3n) is 4.65. The minimum absolute atomic E-state index is 0.278. The lowest BCUT2D eigenvalue weighted by molar-refractivity contribution is -0.0168. The first-order valence-corrected chi connectivity index (χ1v) is 9.94. The van der Waals surface area contributed by atoms with Crippen LogP contribution in [0.15, 0.2) is 23.6 Å². The molecule has 136 valence electrons. The fourth-order valence-corrected chi connectivity index (χ4v) is 3.96. The van der Waals surface area contributed by atoms with Crippen LogP contribution in [0.3, 0.4) is 0 Å². The van der Waals surface area contributed by atoms with Crippen LogP contribution in [-0.4, -0.2) is 40.3 Å². The van der Waals surface area contributed by atoms with E-state index < -0.39 is 5.60 Å². The molecule has 1 N–H and O–H groups in total. The summed E-state index contributed by atoms with van der Waals surface area (Å²) in [7, 11) is 0. The van der Waals surface area contributed by atoms with Crippen LogP contribution in [0.25, 0.3) is 0 Å². The van der Waals surface area contributed by atoms with Gasteiger partial charge in [-0.05, 0) is 57.4 Å². The Balaban J connectivity index is 1.56. The number of aromatic nitrogens is 1. The Hall–Kier alpha value is -1.14. The highest BCUT2D eigenvalue weighted by molar-refractivity contribution is 7.09. The lowest BCUT2D eigenvalue weighted by Gasteiger charge is -2.27. The molecule has 1 aliphatic heterocycles. The summed E-state index contributed by atoms with van der Waals surface area (Å²) >= 11 is 7.87. The van der Waals surface area contributed by atoms with Crippen LogP contribution >= 0.6 is 22.9 Å². The van der Waals surface area contributed by atoms with Crippen molar-refractivity contribution >= 4 is 22.9 Å². The zero-order valence-electron chi connectivity index (χ0n) is 14.8. The lowest BCUT2D eigenvalue weighted by atomic mass is 9.96. The molecule has 1 unspecified atom stereocenters. The first-order chi connectivity index (χ1) is 11.9. The lowest BCUT2D eigenvalue weighted by Crippen LogP contribution is -2.37. The van der Waals surface area contributed by atoms with Gasteiger partial charge in [0, 0.05) is 18.5 Å². The molecule has 0 aliphatic carbocycles. The van der Waals surface area contributed by atoms with Crippen LogP contribution in [-0.2, 0) is 6.54 Å². The zero-order chi connectivity index (χ0) is 17.9. The topological polar surface area (TPSA) is 45.6 Å². The van der Waals surface area contributed by atoms with Crippen LogP contribution in [0.2, 0.25) is 5.02 Å². The molecule has 0 amide bonds. The molecule has 0 radical (unpaired) electrons. The molecular weight excluding hydrogens is 356 g/mol. The van der Waals surface area contributed by atoms with Crippen LogP contribution < -0.4 is 4.74 Å². The molecular formula is C19H25ClN2O2S. The first kappa shape index (κ1) is 18.6. The summed E-state index contributed by atoms with van der Waals surface area (Å²) in [5.74, 6) is 0.647. The van der Waals surface area contributed by atoms with E-state index in [0.29, 0.717) is 17.2 Å². The number of aryl methyl sites for hydroxylation is 2. The molecule has 1 aromatic heterocycles. The molecule has 25 heavy (non-hydrogen) atoms. The molecule has 2 aromatic rings. The number of thiazole rings is 1. The highest BCUT2D eigenvalue weighted by Crippen LogP contribution is 2.29. The van der Waals surface area contributed by atoms with E-state index in [1.807, 2.05) is 32.0 Å². The second-order valence-corrected chi connectivity index (χ2v) is 8.40. The number of hydrogen-bond donors (Lipinski definition) is 1. The molecule has 1 saturated heterocycles. The van der Waals surface area contributed by atoms with Gasteiger partial charge in [0.1, 0.15) is 12.4 Å². The number of likely N-dealkylation sites (tertiary alicyclic amines) is 1. The van der Waals surface area contributed by atoms with Crippen molar-refractivity contribution in [1.82, 2.24) is 9.88 Å². The predicted molar refractivity (Wildman–Crippen MR) is 103 cm³/mol. The molecule has 4 nitrogen and oxygen atoms in total. The van der Waals surface area contributed by atoms with Gasteiger partial charge < -0.3 is 9.84 Å². The Morgan fingerprint density at radius 3 is 2.92 bits per heavy atom. The minimum Gasteiger partial charge on any atom is -0.489 e. The molecule has 6 heteroatoms. The summed E-state index contributed by atoms with van der Waals surface area (Å²) in [6, 6.07) is 5.70. The predicted octanol–water partition coefficient (Wildman–Crippen LogP) is 4.21. The van der Waals surface area contributed by atoms with Gasteiger partial charge in [-0.2, -0.15) is 0 Å². The fourth-order valence-electron chi connectivity index (χ4n) is 3.18. The van der Waals surface area contributed by atoms with Crippen LogP contribution in [0.5, 0.6) is 5.75 Å². The Labute approximate surface area is 158 Å². The molecule has 0 bridgehead atoms. The Kier molecular flexibility index (Phi) is 6.00. The molecule has 1 aliphatic rings. The fraction of sp³-hybridized carbons (Fsp3) is 0.526. The van der Waals surface area contributed by atoms with Crippen molar-refractivity contribution in [1.29, 1.82) is 0 Å². The summed E-state index contributed by atoms with van der Waals surface area (Å²) in [5, 5.41) is 14.8. The van der Waals surface area contributed by atoms with Crippen LogP contribution in [0.1, 0.15) is 35.5 Å². The molecule has 2 heterocycles. The first-order valence-electron chi connectivity index (χ1n) is 8.68. The molecule has 3 rings (SSSR count). The quantitative estimate of drug-likeness (QED) is 0.843. The number of halogens is 1. The van der Waals surface area contributed by atoms with E-state index in [0.717, 1.165) is 48.7 Å². The van der Waals surface area contributed by atoms with Crippen molar-refractivity contribution in [2.45, 2.75) is 45.3 Å². The van der Waals surface area contributed by atoms with Gasteiger partial charge in [-0.25, -0.2) is 4.98 Å². The maximum atomic E-state index is 11.0. The van der Waals surface area contributed by atoms with Gasteiger partial charge in [0.25, 0.3) is 0 Å². The zero-order valence-corrected chi connectivity index (χ0v) is 16.4. The van der Waals surface area contributed by atoms with Crippen molar-refractivity contribution in [2.24, 2.45) is 0 Å². The van der Waals surface area contributed by atoms with Gasteiger partial charge in [0.2, 0.25) is 0 Å². The average molecular weight is 381 g/mol. The molecule has 1 atom stereocenters. The summed E-state index contributed by atoms with van der Waals surface area (Å²) in [6.45, 7) is 6.98. The SMILES string of the molecule is Cc1ccc(Cl)c(OCC2(O)CCCN(Cc3csc(C)n3)CC2)c1. The van der Waals surface area contributed by atoms with E-state index in [9.17, 15) is 5.11 Å². The number of aliphatic hydroxyl groups is 1. The summed E-state index contributed by atoms with van der Waals surface area (Å²) in [4.78, 5) is 6.91. The van der Waals surface area contributed by atoms with E-state index in [1.165, 1.54) is 0 Å². The Bertz CT molecular complexity index is 721. The van der Waals surface area contributed by atoms with Gasteiger partial charge in [-0.1, -0.05) is 17.7 Å². The van der Waals surface area contributed by atoms with E-state index >= 15 is 0 Å². The second-order valence-electron chi connectivity index (χ2n) is 6.93. The van der Waals surface area contributed by atoms with Gasteiger partial charge in [-0.15, -0.1) is 11.3 Å². The minimum atomic E-state index is -0.806. The van der Waals surface area contributed by atoms with Crippen LogP contribution in [0, 0.1) is 13.8 Å². The highest BCUT2D eigenvalue weighted by Gasteiger charge is 2.31. The van der Waals surface area contributed by atoms with Gasteiger partial charge in [-0.3, -0.25) is 4.90 Å². The summed E-state index contributed by atoms with van der Waals surface area (Å²) in [5.41, 5.74) is 1.41. The van der Waals surface area contributed by atoms with E-state index in [2.05, 4.69) is 15.3 Å². The van der Waals surface area contributed by atoms with E-state index in [4.69, 9.17) is 16.3 Å². The number of benzene rings is 1. The summed E-state index contributed by atoms with van der Waals surface area (Å²) < 4.78 is 5.86. The maximum absolute atomic E-state index is 11.0. The van der Waals surface area contributed by atoms with Crippen molar-refractivity contribution in [3.63, 3.8) is 0 Å². The Morgan fingerprint density at radius 1 is 1.32 bits per heavy atom. The monoisotopic (exact) mass is 380 g/mol. The van der Waals surface area contributed by atoms with Gasteiger partial charge >= 0.3 is 0 Å². The van der Waals surface area contributed by atoms with Gasteiger partial charge in [0.15, 0.2) is 0 Å². The van der Waals surface area contributed by atoms with Crippen molar-refractivity contribution in [2.75, 3.05) is 19.7 Å². The number of rotatable bonds is 5.